The topological polar surface area (TPSA) is 78.1 Å². The zero-order chi connectivity index (χ0) is 19.8. The van der Waals surface area contributed by atoms with E-state index in [1.807, 2.05) is 67.6 Å². The molecule has 8 heteroatoms. The molecule has 0 fully saturated rings. The molecule has 3 rings (SSSR count). The van der Waals surface area contributed by atoms with Crippen molar-refractivity contribution in [2.24, 2.45) is 0 Å². The molecule has 0 aliphatic carbocycles. The van der Waals surface area contributed by atoms with E-state index in [0.717, 1.165) is 27.0 Å². The van der Waals surface area contributed by atoms with E-state index in [2.05, 4.69) is 21.5 Å². The molecular formula is C20H21N5OS2. The molecule has 6 nitrogen and oxygen atoms in total. The molecule has 0 aliphatic rings. The van der Waals surface area contributed by atoms with Gasteiger partial charge in [0.25, 0.3) is 0 Å². The van der Waals surface area contributed by atoms with Crippen molar-refractivity contribution in [2.75, 3.05) is 11.9 Å². The van der Waals surface area contributed by atoms with Crippen LogP contribution in [-0.2, 0) is 11.2 Å². The first-order valence-electron chi connectivity index (χ1n) is 8.85. The number of aromatic nitrogens is 1. The van der Waals surface area contributed by atoms with E-state index >= 15 is 0 Å². The highest BCUT2D eigenvalue weighted by Crippen LogP contribution is 2.33. The number of hydrogen-bond donors (Lipinski definition) is 4. The second-order valence-corrected chi connectivity index (χ2v) is 7.35. The van der Waals surface area contributed by atoms with Gasteiger partial charge >= 0.3 is 0 Å². The van der Waals surface area contributed by atoms with Crippen LogP contribution in [0.15, 0.2) is 60.7 Å². The third-order valence-electron chi connectivity index (χ3n) is 3.74. The standard InChI is InChI=1S/C20H21N5OS2/c1-2-21-19(27)25-24-17(26)13-16-18(14-9-5-3-6-10-14)23-20(28-16)22-15-11-7-4-8-12-15/h3-12H,2,13H2,1H3,(H,22,23)(H,24,26)(H2,21,25,27). The molecule has 28 heavy (non-hydrogen) atoms. The minimum Gasteiger partial charge on any atom is -0.362 e. The fourth-order valence-corrected chi connectivity index (χ4v) is 3.71. The Morgan fingerprint density at radius 1 is 1.04 bits per heavy atom. The van der Waals surface area contributed by atoms with Gasteiger partial charge in [0, 0.05) is 22.7 Å². The fourth-order valence-electron chi connectivity index (χ4n) is 2.51. The lowest BCUT2D eigenvalue weighted by Gasteiger charge is -2.10. The minimum atomic E-state index is -0.188. The van der Waals surface area contributed by atoms with Crippen molar-refractivity contribution < 1.29 is 4.79 Å². The first kappa shape index (κ1) is 19.8. The number of hydrazine groups is 1. The lowest BCUT2D eigenvalue weighted by molar-refractivity contribution is -0.120. The van der Waals surface area contributed by atoms with Crippen LogP contribution in [0, 0.1) is 0 Å². The van der Waals surface area contributed by atoms with Gasteiger partial charge in [0.2, 0.25) is 5.91 Å². The number of carbonyl (C=O) groups is 1. The molecular weight excluding hydrogens is 390 g/mol. The number of nitrogens with zero attached hydrogens (tertiary/aromatic N) is 1. The number of amides is 1. The third-order valence-corrected chi connectivity index (χ3v) is 4.96. The summed E-state index contributed by atoms with van der Waals surface area (Å²) in [5.41, 5.74) is 8.04. The molecule has 0 radical (unpaired) electrons. The van der Waals surface area contributed by atoms with Gasteiger partial charge in [-0.1, -0.05) is 48.5 Å². The van der Waals surface area contributed by atoms with Crippen LogP contribution in [0.4, 0.5) is 10.8 Å². The molecule has 0 atom stereocenters. The van der Waals surface area contributed by atoms with Gasteiger partial charge in [0.15, 0.2) is 10.2 Å². The van der Waals surface area contributed by atoms with Gasteiger partial charge in [-0.25, -0.2) is 4.98 Å². The average Bonchev–Trinajstić information content (AvgIpc) is 3.10. The Kier molecular flexibility index (Phi) is 6.94. The van der Waals surface area contributed by atoms with Gasteiger partial charge in [-0.3, -0.25) is 15.6 Å². The maximum atomic E-state index is 12.4. The van der Waals surface area contributed by atoms with Crippen LogP contribution in [0.5, 0.6) is 0 Å². The van der Waals surface area contributed by atoms with Crippen LogP contribution >= 0.6 is 23.6 Å². The molecule has 2 aromatic carbocycles. The normalized spacial score (nSPS) is 10.2. The number of anilines is 2. The molecule has 0 bridgehead atoms. The number of carbonyl (C=O) groups excluding carboxylic acids is 1. The van der Waals surface area contributed by atoms with Gasteiger partial charge in [-0.15, -0.1) is 11.3 Å². The Labute approximate surface area is 173 Å². The zero-order valence-electron chi connectivity index (χ0n) is 15.4. The zero-order valence-corrected chi connectivity index (χ0v) is 17.0. The van der Waals surface area contributed by atoms with Crippen molar-refractivity contribution in [3.63, 3.8) is 0 Å². The van der Waals surface area contributed by atoms with Gasteiger partial charge in [-0.2, -0.15) is 0 Å². The summed E-state index contributed by atoms with van der Waals surface area (Å²) in [7, 11) is 0. The summed E-state index contributed by atoms with van der Waals surface area (Å²) in [6.45, 7) is 2.61. The van der Waals surface area contributed by atoms with Crippen LogP contribution < -0.4 is 21.5 Å². The van der Waals surface area contributed by atoms with Crippen LogP contribution in [0.1, 0.15) is 11.8 Å². The van der Waals surface area contributed by atoms with Crippen LogP contribution in [0.3, 0.4) is 0 Å². The van der Waals surface area contributed by atoms with Gasteiger partial charge in [0.1, 0.15) is 0 Å². The first-order valence-corrected chi connectivity index (χ1v) is 10.1. The Morgan fingerprint density at radius 3 is 2.39 bits per heavy atom. The summed E-state index contributed by atoms with van der Waals surface area (Å²) in [6.07, 6.45) is 0.195. The molecule has 0 aliphatic heterocycles. The maximum Gasteiger partial charge on any atom is 0.243 e. The smallest absolute Gasteiger partial charge is 0.243 e. The van der Waals surface area contributed by atoms with Gasteiger partial charge in [-0.05, 0) is 31.3 Å². The number of nitrogens with one attached hydrogen (secondary N) is 4. The molecule has 144 valence electrons. The maximum absolute atomic E-state index is 12.4. The third kappa shape index (κ3) is 5.51. The summed E-state index contributed by atoms with van der Waals surface area (Å²) in [5, 5.41) is 7.35. The SMILES string of the molecule is CCNC(=S)NNC(=O)Cc1sc(Nc2ccccc2)nc1-c1ccccc1. The Hall–Kier alpha value is -2.97. The Balaban J connectivity index is 1.78. The molecule has 1 amide bonds. The molecule has 1 aromatic heterocycles. The predicted octanol–water partition coefficient (Wildman–Crippen LogP) is 3.61. The summed E-state index contributed by atoms with van der Waals surface area (Å²) >= 11 is 6.52. The van der Waals surface area contributed by atoms with Gasteiger partial charge in [0.05, 0.1) is 12.1 Å². The highest BCUT2D eigenvalue weighted by molar-refractivity contribution is 7.80. The fraction of sp³-hybridized carbons (Fsp3) is 0.150. The van der Waals surface area contributed by atoms with E-state index in [0.29, 0.717) is 11.7 Å². The lowest BCUT2D eigenvalue weighted by atomic mass is 10.1. The van der Waals surface area contributed by atoms with Crippen LogP contribution in [0.2, 0.25) is 0 Å². The van der Waals surface area contributed by atoms with E-state index in [4.69, 9.17) is 17.2 Å². The second kappa shape index (κ2) is 9.82. The van der Waals surface area contributed by atoms with Crippen molar-refractivity contribution in [3.05, 3.63) is 65.5 Å². The molecule has 3 aromatic rings. The van der Waals surface area contributed by atoms with E-state index in [1.165, 1.54) is 11.3 Å². The Morgan fingerprint density at radius 2 is 1.71 bits per heavy atom. The monoisotopic (exact) mass is 411 g/mol. The molecule has 0 saturated carbocycles. The van der Waals surface area contributed by atoms with Crippen LogP contribution in [-0.4, -0.2) is 22.5 Å². The number of hydrogen-bond acceptors (Lipinski definition) is 5. The number of thiocarbonyl (C=S) groups is 1. The number of rotatable bonds is 6. The lowest BCUT2D eigenvalue weighted by Crippen LogP contribution is -2.47. The quantitative estimate of drug-likeness (QED) is 0.367. The van der Waals surface area contributed by atoms with Gasteiger partial charge < -0.3 is 10.6 Å². The minimum absolute atomic E-state index is 0.188. The van der Waals surface area contributed by atoms with Crippen molar-refractivity contribution in [2.45, 2.75) is 13.3 Å². The number of thiazole rings is 1. The molecule has 1 heterocycles. The Bertz CT molecular complexity index is 928. The summed E-state index contributed by atoms with van der Waals surface area (Å²) in [5.74, 6) is -0.188. The first-order chi connectivity index (χ1) is 13.7. The summed E-state index contributed by atoms with van der Waals surface area (Å²) < 4.78 is 0. The number of para-hydroxylation sites is 1. The highest BCUT2D eigenvalue weighted by atomic mass is 32.1. The summed E-state index contributed by atoms with van der Waals surface area (Å²) in [4.78, 5) is 18.0. The molecule has 0 saturated heterocycles. The molecule has 4 N–H and O–H groups in total. The highest BCUT2D eigenvalue weighted by Gasteiger charge is 2.16. The van der Waals surface area contributed by atoms with Crippen molar-refractivity contribution in [1.29, 1.82) is 0 Å². The molecule has 0 spiro atoms. The predicted molar refractivity (Wildman–Crippen MR) is 119 cm³/mol. The largest absolute Gasteiger partial charge is 0.362 e. The van der Waals surface area contributed by atoms with Crippen molar-refractivity contribution >= 4 is 45.4 Å². The second-order valence-electron chi connectivity index (χ2n) is 5.86. The van der Waals surface area contributed by atoms with Crippen LogP contribution in [0.25, 0.3) is 11.3 Å². The molecule has 0 unspecified atom stereocenters. The van der Waals surface area contributed by atoms with E-state index < -0.39 is 0 Å². The van der Waals surface area contributed by atoms with Crippen molar-refractivity contribution in [3.8, 4) is 11.3 Å². The number of benzene rings is 2. The average molecular weight is 412 g/mol. The summed E-state index contributed by atoms with van der Waals surface area (Å²) in [6, 6.07) is 19.7. The van der Waals surface area contributed by atoms with Crippen molar-refractivity contribution in [1.82, 2.24) is 21.2 Å². The van der Waals surface area contributed by atoms with E-state index in [9.17, 15) is 4.79 Å². The van der Waals surface area contributed by atoms with E-state index in [-0.39, 0.29) is 12.3 Å². The van der Waals surface area contributed by atoms with E-state index in [1.54, 1.807) is 0 Å².